The first-order chi connectivity index (χ1) is 11.8. The second-order valence-corrected chi connectivity index (χ2v) is 9.85. The van der Waals surface area contributed by atoms with Crippen molar-refractivity contribution in [2.24, 2.45) is 11.3 Å². The molecule has 2 aliphatic carbocycles. The lowest BCUT2D eigenvalue weighted by Crippen LogP contribution is -2.31. The molecule has 0 N–H and O–H groups in total. The quantitative estimate of drug-likeness (QED) is 0.478. The number of rotatable bonds is 2. The topological polar surface area (TPSA) is 49.2 Å². The Morgan fingerprint density at radius 2 is 2.20 bits per heavy atom. The molecular weight excluding hydrogens is 453 g/mol. The molecule has 0 aromatic carbocycles. The van der Waals surface area contributed by atoms with Crippen molar-refractivity contribution in [3.8, 4) is 0 Å². The largest absolute Gasteiger partial charge is 0.344 e. The lowest BCUT2D eigenvalue weighted by molar-refractivity contribution is -0.159. The van der Waals surface area contributed by atoms with Crippen molar-refractivity contribution < 1.29 is 9.47 Å². The average molecular weight is 472 g/mol. The van der Waals surface area contributed by atoms with Gasteiger partial charge in [0.05, 0.1) is 17.5 Å². The first-order valence-electron chi connectivity index (χ1n) is 8.50. The van der Waals surface area contributed by atoms with Crippen LogP contribution in [0.4, 0.5) is 0 Å². The number of halogens is 2. The Morgan fingerprint density at radius 1 is 1.40 bits per heavy atom. The van der Waals surface area contributed by atoms with Crippen molar-refractivity contribution in [2.75, 3.05) is 0 Å². The van der Waals surface area contributed by atoms with Crippen molar-refractivity contribution in [1.29, 1.82) is 0 Å². The number of fused-ring (bicyclic) bond motifs is 4. The fourth-order valence-corrected chi connectivity index (χ4v) is 5.69. The molecule has 2 aromatic heterocycles. The first kappa shape index (κ1) is 16.5. The van der Waals surface area contributed by atoms with Gasteiger partial charge in [-0.1, -0.05) is 17.7 Å². The standard InChI is InChI=1S/C18H19ClIN3O2/c1-9(20)6-18-7-11(18)12(13-14(18)25-17(2,3)24-13)23-5-4-10-15(19)21-8-22-16(10)23/h4-6,8,11-14H,7H2,1-3H3/b9-6+/t11-,12-,13+,14+,18-/m1/s1. The van der Waals surface area contributed by atoms with Crippen LogP contribution in [0.25, 0.3) is 11.0 Å². The van der Waals surface area contributed by atoms with E-state index < -0.39 is 5.79 Å². The van der Waals surface area contributed by atoms with E-state index in [0.29, 0.717) is 11.1 Å². The van der Waals surface area contributed by atoms with Gasteiger partial charge in [-0.05, 0) is 65.3 Å². The maximum Gasteiger partial charge on any atom is 0.163 e. The number of allylic oxidation sites excluding steroid dienone is 1. The average Bonchev–Trinajstić information content (AvgIpc) is 2.82. The van der Waals surface area contributed by atoms with Crippen LogP contribution in [-0.2, 0) is 9.47 Å². The Kier molecular flexibility index (Phi) is 3.41. The van der Waals surface area contributed by atoms with Crippen LogP contribution in [-0.4, -0.2) is 32.5 Å². The van der Waals surface area contributed by atoms with Gasteiger partial charge in [-0.15, -0.1) is 0 Å². The summed E-state index contributed by atoms with van der Waals surface area (Å²) in [7, 11) is 0. The van der Waals surface area contributed by atoms with Crippen molar-refractivity contribution in [2.45, 2.75) is 51.2 Å². The summed E-state index contributed by atoms with van der Waals surface area (Å²) in [4.78, 5) is 8.58. The highest BCUT2D eigenvalue weighted by molar-refractivity contribution is 14.1. The lowest BCUT2D eigenvalue weighted by atomic mass is 9.99. The Labute approximate surface area is 164 Å². The van der Waals surface area contributed by atoms with Gasteiger partial charge in [0.15, 0.2) is 5.79 Å². The van der Waals surface area contributed by atoms with Crippen LogP contribution >= 0.6 is 34.2 Å². The molecule has 2 aromatic rings. The predicted molar refractivity (Wildman–Crippen MR) is 104 cm³/mol. The summed E-state index contributed by atoms with van der Waals surface area (Å²) in [6.07, 6.45) is 7.20. The lowest BCUT2D eigenvalue weighted by Gasteiger charge is -2.24. The summed E-state index contributed by atoms with van der Waals surface area (Å²) in [5.41, 5.74) is 0.942. The van der Waals surface area contributed by atoms with E-state index in [4.69, 9.17) is 21.1 Å². The van der Waals surface area contributed by atoms with Crippen molar-refractivity contribution in [3.05, 3.63) is 33.4 Å². The Hall–Kier alpha value is -0.700. The molecule has 0 radical (unpaired) electrons. The molecule has 25 heavy (non-hydrogen) atoms. The SMILES string of the molecule is C/C(I)=C\[C@@]12C[C@@H]1[C@@H](n1ccc3c(Cl)ncnc31)[C@@H]1OC(C)(C)O[C@@H]12. The molecule has 5 atom stereocenters. The molecule has 0 bridgehead atoms. The molecule has 0 unspecified atom stereocenters. The van der Waals surface area contributed by atoms with E-state index >= 15 is 0 Å². The first-order valence-corrected chi connectivity index (χ1v) is 9.96. The Morgan fingerprint density at radius 3 is 2.96 bits per heavy atom. The molecule has 1 saturated heterocycles. The normalized spacial score (nSPS) is 38.8. The minimum atomic E-state index is -0.559. The number of ether oxygens (including phenoxy) is 2. The van der Waals surface area contributed by atoms with Crippen LogP contribution in [0.15, 0.2) is 28.2 Å². The predicted octanol–water partition coefficient (Wildman–Crippen LogP) is 4.50. The molecule has 0 amide bonds. The van der Waals surface area contributed by atoms with Gasteiger partial charge in [0.1, 0.15) is 23.2 Å². The van der Waals surface area contributed by atoms with Crippen molar-refractivity contribution >= 4 is 45.2 Å². The third-order valence-electron chi connectivity index (χ3n) is 5.76. The van der Waals surface area contributed by atoms with Crippen LogP contribution < -0.4 is 0 Å². The highest BCUT2D eigenvalue weighted by Gasteiger charge is 2.75. The zero-order valence-electron chi connectivity index (χ0n) is 14.2. The molecule has 5 rings (SSSR count). The van der Waals surface area contributed by atoms with Crippen LogP contribution in [0, 0.1) is 11.3 Å². The fourth-order valence-electron chi connectivity index (χ4n) is 4.92. The number of hydrogen-bond acceptors (Lipinski definition) is 4. The van der Waals surface area contributed by atoms with E-state index in [0.717, 1.165) is 17.5 Å². The summed E-state index contributed by atoms with van der Waals surface area (Å²) >= 11 is 8.64. The van der Waals surface area contributed by atoms with Gasteiger partial charge in [0, 0.05) is 11.6 Å². The smallest absolute Gasteiger partial charge is 0.163 e. The van der Waals surface area contributed by atoms with E-state index in [1.807, 2.05) is 19.9 Å². The number of hydrogen-bond donors (Lipinski definition) is 0. The maximum atomic E-state index is 6.35. The summed E-state index contributed by atoms with van der Waals surface area (Å²) in [5, 5.41) is 1.38. The van der Waals surface area contributed by atoms with Gasteiger partial charge < -0.3 is 14.0 Å². The highest BCUT2D eigenvalue weighted by atomic mass is 127. The maximum absolute atomic E-state index is 6.35. The molecule has 7 heteroatoms. The van der Waals surface area contributed by atoms with Gasteiger partial charge in [0.2, 0.25) is 0 Å². The van der Waals surface area contributed by atoms with Gasteiger partial charge in [0.25, 0.3) is 0 Å². The van der Waals surface area contributed by atoms with E-state index in [-0.39, 0.29) is 23.7 Å². The second kappa shape index (κ2) is 5.18. The monoisotopic (exact) mass is 471 g/mol. The molecule has 2 saturated carbocycles. The van der Waals surface area contributed by atoms with Gasteiger partial charge in [-0.25, -0.2) is 9.97 Å². The van der Waals surface area contributed by atoms with E-state index in [2.05, 4.69) is 56.3 Å². The van der Waals surface area contributed by atoms with Crippen LogP contribution in [0.3, 0.4) is 0 Å². The molecule has 3 heterocycles. The third-order valence-corrected chi connectivity index (χ3v) is 6.37. The fraction of sp³-hybridized carbons (Fsp3) is 0.556. The van der Waals surface area contributed by atoms with Gasteiger partial charge in [-0.2, -0.15) is 0 Å². The van der Waals surface area contributed by atoms with Crippen molar-refractivity contribution in [1.82, 2.24) is 14.5 Å². The van der Waals surface area contributed by atoms with E-state index in [9.17, 15) is 0 Å². The van der Waals surface area contributed by atoms with E-state index in [1.54, 1.807) is 0 Å². The molecule has 3 fully saturated rings. The highest BCUT2D eigenvalue weighted by Crippen LogP contribution is 2.72. The second-order valence-electron chi connectivity index (χ2n) is 7.79. The molecule has 1 aliphatic heterocycles. The molecule has 0 spiro atoms. The van der Waals surface area contributed by atoms with Crippen LogP contribution in [0.2, 0.25) is 5.15 Å². The minimum absolute atomic E-state index is 0.0186. The Balaban J connectivity index is 1.64. The molecular formula is C18H19ClIN3O2. The number of aromatic nitrogens is 3. The zero-order valence-corrected chi connectivity index (χ0v) is 17.2. The van der Waals surface area contributed by atoms with Gasteiger partial charge >= 0.3 is 0 Å². The summed E-state index contributed by atoms with van der Waals surface area (Å²) in [6, 6.07) is 2.19. The molecule has 132 valence electrons. The van der Waals surface area contributed by atoms with Crippen molar-refractivity contribution in [3.63, 3.8) is 0 Å². The summed E-state index contributed by atoms with van der Waals surface area (Å²) in [6.45, 7) is 6.15. The van der Waals surface area contributed by atoms with Crippen LogP contribution in [0.1, 0.15) is 33.2 Å². The summed E-state index contributed by atoms with van der Waals surface area (Å²) < 4.78 is 16.2. The minimum Gasteiger partial charge on any atom is -0.344 e. The van der Waals surface area contributed by atoms with Gasteiger partial charge in [-0.3, -0.25) is 0 Å². The van der Waals surface area contributed by atoms with E-state index in [1.165, 1.54) is 9.91 Å². The molecule has 5 nitrogen and oxygen atoms in total. The molecule has 3 aliphatic rings. The number of nitrogens with zero attached hydrogens (tertiary/aromatic N) is 3. The Bertz CT molecular complexity index is 907. The summed E-state index contributed by atoms with van der Waals surface area (Å²) in [5.74, 6) is -0.0656. The third kappa shape index (κ3) is 2.27. The zero-order chi connectivity index (χ0) is 17.6. The van der Waals surface area contributed by atoms with Crippen LogP contribution in [0.5, 0.6) is 0 Å².